The van der Waals surface area contributed by atoms with Crippen LogP contribution in [-0.4, -0.2) is 11.5 Å². The minimum Gasteiger partial charge on any atom is -0.312 e. The van der Waals surface area contributed by atoms with Gasteiger partial charge in [0.1, 0.15) is 5.82 Å². The molecular weight excluding hydrogens is 247 g/mol. The predicted molar refractivity (Wildman–Crippen MR) is 69.2 cm³/mol. The van der Waals surface area contributed by atoms with E-state index in [1.165, 1.54) is 37.8 Å². The molecule has 1 N–H and O–H groups in total. The van der Waals surface area contributed by atoms with Gasteiger partial charge in [0.05, 0.1) is 4.92 Å². The van der Waals surface area contributed by atoms with E-state index in [0.717, 1.165) is 18.5 Å². The average molecular weight is 264 g/mol. The van der Waals surface area contributed by atoms with Crippen LogP contribution in [0.3, 0.4) is 0 Å². The molecule has 4 nitrogen and oxygen atoms in total. The molecule has 0 amide bonds. The molecule has 2 aliphatic carbocycles. The Balaban J connectivity index is 1.62. The first-order valence-electron chi connectivity index (χ1n) is 6.74. The first-order chi connectivity index (χ1) is 9.11. The second-order valence-corrected chi connectivity index (χ2v) is 5.77. The minimum atomic E-state index is -0.454. The molecule has 2 fully saturated rings. The lowest BCUT2D eigenvalue weighted by Crippen LogP contribution is -2.25. The molecule has 5 heteroatoms. The summed E-state index contributed by atoms with van der Waals surface area (Å²) < 4.78 is 13.2. The Morgan fingerprint density at radius 1 is 1.42 bits per heavy atom. The number of nitro benzene ring substituents is 1. The maximum absolute atomic E-state index is 13.2. The minimum absolute atomic E-state index is 0.00910. The smallest absolute Gasteiger partial charge is 0.274 e. The highest BCUT2D eigenvalue weighted by Gasteiger charge is 2.53. The van der Waals surface area contributed by atoms with Gasteiger partial charge >= 0.3 is 0 Å². The molecule has 0 radical (unpaired) electrons. The van der Waals surface area contributed by atoms with Gasteiger partial charge in [-0.3, -0.25) is 10.1 Å². The molecule has 0 heterocycles. The van der Waals surface area contributed by atoms with E-state index in [4.69, 9.17) is 0 Å². The predicted octanol–water partition coefficient (Wildman–Crippen LogP) is 3.01. The molecule has 1 aromatic carbocycles. The van der Waals surface area contributed by atoms with Gasteiger partial charge in [0.2, 0.25) is 0 Å². The van der Waals surface area contributed by atoms with Crippen molar-refractivity contribution in [3.05, 3.63) is 39.7 Å². The van der Waals surface area contributed by atoms with E-state index < -0.39 is 10.7 Å². The number of hydrogen-bond donors (Lipinski definition) is 1. The van der Waals surface area contributed by atoms with E-state index in [2.05, 4.69) is 5.32 Å². The van der Waals surface area contributed by atoms with Gasteiger partial charge in [-0.2, -0.15) is 0 Å². The van der Waals surface area contributed by atoms with Crippen molar-refractivity contribution in [2.45, 2.75) is 32.2 Å². The normalized spacial score (nSPS) is 20.3. The van der Waals surface area contributed by atoms with Crippen molar-refractivity contribution in [2.24, 2.45) is 11.3 Å². The number of halogens is 1. The van der Waals surface area contributed by atoms with Crippen molar-refractivity contribution in [2.75, 3.05) is 6.54 Å². The second kappa shape index (κ2) is 4.56. The van der Waals surface area contributed by atoms with E-state index in [0.29, 0.717) is 17.5 Å². The van der Waals surface area contributed by atoms with Crippen LogP contribution in [-0.2, 0) is 6.54 Å². The fourth-order valence-electron chi connectivity index (χ4n) is 2.91. The number of nitrogens with zero attached hydrogens (tertiary/aromatic N) is 1. The summed E-state index contributed by atoms with van der Waals surface area (Å²) in [5, 5.41) is 14.2. The Kier molecular flexibility index (Phi) is 3.01. The zero-order chi connectivity index (χ0) is 13.5. The summed E-state index contributed by atoms with van der Waals surface area (Å²) in [5.41, 5.74) is 0.865. The quantitative estimate of drug-likeness (QED) is 0.634. The van der Waals surface area contributed by atoms with Crippen molar-refractivity contribution >= 4 is 5.69 Å². The van der Waals surface area contributed by atoms with Gasteiger partial charge in [0.25, 0.3) is 5.69 Å². The van der Waals surface area contributed by atoms with Crippen molar-refractivity contribution < 1.29 is 9.31 Å². The van der Waals surface area contributed by atoms with Crippen LogP contribution in [0.4, 0.5) is 10.1 Å². The Bertz CT molecular complexity index is 510. The largest absolute Gasteiger partial charge is 0.312 e. The molecule has 0 saturated heterocycles. The lowest BCUT2D eigenvalue weighted by molar-refractivity contribution is -0.385. The first-order valence-corrected chi connectivity index (χ1v) is 6.74. The Morgan fingerprint density at radius 2 is 2.16 bits per heavy atom. The van der Waals surface area contributed by atoms with Gasteiger partial charge < -0.3 is 5.32 Å². The van der Waals surface area contributed by atoms with Gasteiger partial charge in [-0.25, -0.2) is 4.39 Å². The highest BCUT2D eigenvalue weighted by Crippen LogP contribution is 2.60. The number of rotatable bonds is 6. The van der Waals surface area contributed by atoms with Crippen LogP contribution in [0.5, 0.6) is 0 Å². The maximum Gasteiger partial charge on any atom is 0.274 e. The fraction of sp³-hybridized carbons (Fsp3) is 0.571. The summed E-state index contributed by atoms with van der Waals surface area (Å²) in [5.74, 6) is 0.424. The monoisotopic (exact) mass is 264 g/mol. The van der Waals surface area contributed by atoms with Crippen LogP contribution in [0, 0.1) is 27.3 Å². The molecule has 0 atom stereocenters. The summed E-state index contributed by atoms with van der Waals surface area (Å²) in [4.78, 5) is 10.4. The molecule has 0 unspecified atom stereocenters. The highest BCUT2D eigenvalue weighted by molar-refractivity contribution is 5.40. The maximum atomic E-state index is 13.2. The molecule has 2 aliphatic rings. The topological polar surface area (TPSA) is 55.2 Å². The van der Waals surface area contributed by atoms with E-state index in [1.54, 1.807) is 0 Å². The average Bonchev–Trinajstić information content (AvgIpc) is 3.23. The third kappa shape index (κ3) is 2.61. The molecule has 0 aromatic heterocycles. The number of nitro groups is 1. The summed E-state index contributed by atoms with van der Waals surface area (Å²) in [6.07, 6.45) is 5.16. The van der Waals surface area contributed by atoms with Gasteiger partial charge in [-0.05, 0) is 49.1 Å². The van der Waals surface area contributed by atoms with E-state index >= 15 is 0 Å². The van der Waals surface area contributed by atoms with Crippen LogP contribution in [0.15, 0.2) is 18.2 Å². The van der Waals surface area contributed by atoms with Gasteiger partial charge in [-0.1, -0.05) is 0 Å². The lowest BCUT2D eigenvalue weighted by atomic mass is 10.0. The molecule has 102 valence electrons. The first kappa shape index (κ1) is 12.5. The standard InChI is InChI=1S/C14H17FN2O2/c15-12-3-4-13(17(18)19)10(7-12)8-16-9-14(5-6-14)11-1-2-11/h3-4,7,11,16H,1-2,5-6,8-9H2. The van der Waals surface area contributed by atoms with E-state index in [1.807, 2.05) is 0 Å². The van der Waals surface area contributed by atoms with Crippen molar-refractivity contribution in [1.29, 1.82) is 0 Å². The summed E-state index contributed by atoms with van der Waals surface area (Å²) in [7, 11) is 0. The van der Waals surface area contributed by atoms with Gasteiger partial charge in [-0.15, -0.1) is 0 Å². The molecule has 1 aromatic rings. The fourth-order valence-corrected chi connectivity index (χ4v) is 2.91. The lowest BCUT2D eigenvalue weighted by Gasteiger charge is -2.15. The van der Waals surface area contributed by atoms with Crippen molar-refractivity contribution in [1.82, 2.24) is 5.32 Å². The molecule has 3 rings (SSSR count). The van der Waals surface area contributed by atoms with E-state index in [9.17, 15) is 14.5 Å². The zero-order valence-electron chi connectivity index (χ0n) is 10.7. The molecule has 0 aliphatic heterocycles. The van der Waals surface area contributed by atoms with Crippen LogP contribution < -0.4 is 5.32 Å². The van der Waals surface area contributed by atoms with Crippen LogP contribution in [0.1, 0.15) is 31.2 Å². The summed E-state index contributed by atoms with van der Waals surface area (Å²) in [6.45, 7) is 1.26. The summed E-state index contributed by atoms with van der Waals surface area (Å²) in [6, 6.07) is 3.62. The molecular formula is C14H17FN2O2. The van der Waals surface area contributed by atoms with Crippen molar-refractivity contribution in [3.63, 3.8) is 0 Å². The SMILES string of the molecule is O=[N+]([O-])c1ccc(F)cc1CNCC1(C2CC2)CC1. The molecule has 2 saturated carbocycles. The molecule has 0 bridgehead atoms. The Hall–Kier alpha value is -1.49. The number of nitrogens with one attached hydrogen (secondary N) is 1. The molecule has 19 heavy (non-hydrogen) atoms. The zero-order valence-corrected chi connectivity index (χ0v) is 10.7. The third-order valence-electron chi connectivity index (χ3n) is 4.37. The van der Waals surface area contributed by atoms with Crippen LogP contribution >= 0.6 is 0 Å². The third-order valence-corrected chi connectivity index (χ3v) is 4.37. The van der Waals surface area contributed by atoms with Crippen LogP contribution in [0.2, 0.25) is 0 Å². The molecule has 0 spiro atoms. The van der Waals surface area contributed by atoms with Crippen molar-refractivity contribution in [3.8, 4) is 0 Å². The summed E-state index contributed by atoms with van der Waals surface area (Å²) >= 11 is 0. The van der Waals surface area contributed by atoms with Crippen LogP contribution in [0.25, 0.3) is 0 Å². The highest BCUT2D eigenvalue weighted by atomic mass is 19.1. The van der Waals surface area contributed by atoms with Gasteiger partial charge in [0.15, 0.2) is 0 Å². The van der Waals surface area contributed by atoms with E-state index in [-0.39, 0.29) is 5.69 Å². The second-order valence-electron chi connectivity index (χ2n) is 5.77. The Morgan fingerprint density at radius 3 is 2.74 bits per heavy atom. The number of benzene rings is 1. The van der Waals surface area contributed by atoms with Gasteiger partial charge in [0, 0.05) is 24.7 Å². The number of hydrogen-bond acceptors (Lipinski definition) is 3. The Labute approximate surface area is 111 Å².